The summed E-state index contributed by atoms with van der Waals surface area (Å²) in [6, 6.07) is 14.3. The van der Waals surface area contributed by atoms with Gasteiger partial charge in [-0.15, -0.1) is 0 Å². The van der Waals surface area contributed by atoms with E-state index < -0.39 is 6.10 Å². The number of nitriles is 1. The third-order valence-corrected chi connectivity index (χ3v) is 4.21. The average Bonchev–Trinajstić information content (AvgIpc) is 3.02. The Bertz CT molecular complexity index is 801. The zero-order valence-corrected chi connectivity index (χ0v) is 13.4. The number of carbonyl (C=O) groups excluding carboxylic acids is 1. The Morgan fingerprint density at radius 2 is 2.00 bits per heavy atom. The van der Waals surface area contributed by atoms with Crippen LogP contribution in [0.3, 0.4) is 0 Å². The van der Waals surface area contributed by atoms with Gasteiger partial charge in [0.2, 0.25) is 0 Å². The third-order valence-electron chi connectivity index (χ3n) is 4.21. The smallest absolute Gasteiger partial charge is 0.261 e. The van der Waals surface area contributed by atoms with Crippen LogP contribution in [-0.2, 0) is 4.79 Å². The number of aliphatic hydroxyl groups excluding tert-OH is 1. The molecule has 1 amide bonds. The molecule has 1 saturated heterocycles. The largest absolute Gasteiger partial charge is 0.482 e. The predicted octanol–water partition coefficient (Wildman–Crippen LogP) is 2.41. The summed E-state index contributed by atoms with van der Waals surface area (Å²) in [6.45, 7) is -0.0345. The molecule has 2 aromatic rings. The lowest BCUT2D eigenvalue weighted by atomic mass is 10.0. The molecular formula is C19H17FN2O3. The lowest BCUT2D eigenvalue weighted by molar-refractivity contribution is -0.134. The molecule has 0 unspecified atom stereocenters. The molecule has 0 bridgehead atoms. The van der Waals surface area contributed by atoms with Crippen molar-refractivity contribution in [2.45, 2.75) is 18.6 Å². The highest BCUT2D eigenvalue weighted by atomic mass is 19.1. The van der Waals surface area contributed by atoms with E-state index >= 15 is 0 Å². The van der Waals surface area contributed by atoms with Gasteiger partial charge in [0.1, 0.15) is 17.6 Å². The van der Waals surface area contributed by atoms with Gasteiger partial charge in [-0.1, -0.05) is 24.3 Å². The van der Waals surface area contributed by atoms with Crippen LogP contribution in [0.5, 0.6) is 5.75 Å². The highest BCUT2D eigenvalue weighted by Gasteiger charge is 2.35. The molecule has 128 valence electrons. The van der Waals surface area contributed by atoms with Crippen LogP contribution in [0, 0.1) is 17.1 Å². The topological polar surface area (TPSA) is 73.6 Å². The second-order valence-electron chi connectivity index (χ2n) is 5.90. The van der Waals surface area contributed by atoms with Gasteiger partial charge in [0.25, 0.3) is 5.91 Å². The highest BCUT2D eigenvalue weighted by molar-refractivity contribution is 5.78. The number of benzene rings is 2. The van der Waals surface area contributed by atoms with Crippen LogP contribution in [0.25, 0.3) is 0 Å². The predicted molar refractivity (Wildman–Crippen MR) is 88.1 cm³/mol. The van der Waals surface area contributed by atoms with Gasteiger partial charge in [0.15, 0.2) is 6.61 Å². The number of halogens is 1. The Kier molecular flexibility index (Phi) is 4.96. The Morgan fingerprint density at radius 1 is 1.28 bits per heavy atom. The number of ether oxygens (including phenoxy) is 1. The van der Waals surface area contributed by atoms with Crippen LogP contribution in [0.4, 0.5) is 4.39 Å². The van der Waals surface area contributed by atoms with Gasteiger partial charge in [0, 0.05) is 6.54 Å². The number of para-hydroxylation sites is 1. The Hall–Kier alpha value is -2.91. The van der Waals surface area contributed by atoms with Crippen molar-refractivity contribution >= 4 is 5.91 Å². The summed E-state index contributed by atoms with van der Waals surface area (Å²) in [4.78, 5) is 14.1. The quantitative estimate of drug-likeness (QED) is 0.928. The number of hydrogen-bond donors (Lipinski definition) is 1. The van der Waals surface area contributed by atoms with Crippen LogP contribution in [0.1, 0.15) is 23.6 Å². The summed E-state index contributed by atoms with van der Waals surface area (Å²) in [5.74, 6) is -0.299. The van der Waals surface area contributed by atoms with E-state index in [1.54, 1.807) is 36.4 Å². The maximum absolute atomic E-state index is 13.1. The molecule has 1 fully saturated rings. The zero-order chi connectivity index (χ0) is 17.8. The van der Waals surface area contributed by atoms with Crippen molar-refractivity contribution in [3.63, 3.8) is 0 Å². The molecule has 0 aliphatic carbocycles. The van der Waals surface area contributed by atoms with Crippen molar-refractivity contribution in [3.05, 3.63) is 65.5 Å². The summed E-state index contributed by atoms with van der Waals surface area (Å²) in [5, 5.41) is 19.0. The van der Waals surface area contributed by atoms with Crippen molar-refractivity contribution in [2.24, 2.45) is 0 Å². The molecule has 6 heteroatoms. The van der Waals surface area contributed by atoms with E-state index in [2.05, 4.69) is 0 Å². The van der Waals surface area contributed by atoms with Gasteiger partial charge in [-0.25, -0.2) is 4.39 Å². The summed E-state index contributed by atoms with van der Waals surface area (Å²) in [5.41, 5.74) is 1.12. The van der Waals surface area contributed by atoms with Crippen molar-refractivity contribution in [1.82, 2.24) is 4.90 Å². The van der Waals surface area contributed by atoms with Crippen LogP contribution in [0.2, 0.25) is 0 Å². The summed E-state index contributed by atoms with van der Waals surface area (Å²) < 4.78 is 18.6. The van der Waals surface area contributed by atoms with E-state index in [1.165, 1.54) is 17.0 Å². The molecule has 1 aliphatic heterocycles. The number of amides is 1. The van der Waals surface area contributed by atoms with Crippen LogP contribution in [-0.4, -0.2) is 35.2 Å². The fraction of sp³-hybridized carbons (Fsp3) is 0.263. The van der Waals surface area contributed by atoms with Crippen molar-refractivity contribution in [1.29, 1.82) is 5.26 Å². The first-order valence-electron chi connectivity index (χ1n) is 7.93. The summed E-state index contributed by atoms with van der Waals surface area (Å²) in [6.07, 6.45) is -0.239. The van der Waals surface area contributed by atoms with Crippen molar-refractivity contribution in [3.8, 4) is 11.8 Å². The molecule has 0 saturated carbocycles. The molecule has 2 aromatic carbocycles. The molecule has 3 rings (SSSR count). The molecule has 1 heterocycles. The van der Waals surface area contributed by atoms with E-state index in [9.17, 15) is 14.3 Å². The monoisotopic (exact) mass is 340 g/mol. The van der Waals surface area contributed by atoms with Gasteiger partial charge >= 0.3 is 0 Å². The SMILES string of the molecule is N#Cc1ccccc1OCC(=O)N1C[C@H](O)C[C@@H]1c1ccc(F)cc1. The van der Waals surface area contributed by atoms with Crippen LogP contribution < -0.4 is 4.74 Å². The van der Waals surface area contributed by atoms with Crippen LogP contribution in [0.15, 0.2) is 48.5 Å². The Labute approximate surface area is 144 Å². The summed E-state index contributed by atoms with van der Waals surface area (Å²) in [7, 11) is 0. The number of rotatable bonds is 4. The molecule has 1 N–H and O–H groups in total. The standard InChI is InChI=1S/C19H17FN2O3/c20-15-7-5-13(6-8-15)17-9-16(23)11-22(17)19(24)12-25-18-4-2-1-3-14(18)10-21/h1-8,16-17,23H,9,11-12H2/t16-,17-/m1/s1. The first-order valence-corrected chi connectivity index (χ1v) is 7.93. The fourth-order valence-electron chi connectivity index (χ4n) is 3.00. The Morgan fingerprint density at radius 3 is 2.72 bits per heavy atom. The minimum absolute atomic E-state index is 0.199. The van der Waals surface area contributed by atoms with Gasteiger partial charge in [0.05, 0.1) is 17.7 Å². The number of aliphatic hydroxyl groups is 1. The molecule has 5 nitrogen and oxygen atoms in total. The van der Waals surface area contributed by atoms with Gasteiger partial charge in [-0.05, 0) is 36.2 Å². The minimum Gasteiger partial charge on any atom is -0.482 e. The van der Waals surface area contributed by atoms with Gasteiger partial charge in [-0.2, -0.15) is 5.26 Å². The van der Waals surface area contributed by atoms with E-state index in [4.69, 9.17) is 10.00 Å². The lowest BCUT2D eigenvalue weighted by Crippen LogP contribution is -2.35. The normalized spacial score (nSPS) is 19.5. The lowest BCUT2D eigenvalue weighted by Gasteiger charge is -2.25. The first-order chi connectivity index (χ1) is 12.1. The molecule has 0 aromatic heterocycles. The number of carbonyl (C=O) groups is 1. The van der Waals surface area contributed by atoms with Gasteiger partial charge in [-0.3, -0.25) is 4.79 Å². The molecule has 0 radical (unpaired) electrons. The van der Waals surface area contributed by atoms with Gasteiger partial charge < -0.3 is 14.7 Å². The van der Waals surface area contributed by atoms with Crippen molar-refractivity contribution in [2.75, 3.05) is 13.2 Å². The van der Waals surface area contributed by atoms with Crippen LogP contribution >= 0.6 is 0 Å². The number of nitrogens with zero attached hydrogens (tertiary/aromatic N) is 2. The molecular weight excluding hydrogens is 323 g/mol. The Balaban J connectivity index is 1.71. The molecule has 2 atom stereocenters. The molecule has 25 heavy (non-hydrogen) atoms. The second kappa shape index (κ2) is 7.32. The molecule has 0 spiro atoms. The summed E-state index contributed by atoms with van der Waals surface area (Å²) >= 11 is 0. The first kappa shape index (κ1) is 16.9. The van der Waals surface area contributed by atoms with Crippen molar-refractivity contribution < 1.29 is 19.0 Å². The van der Waals surface area contributed by atoms with E-state index in [0.29, 0.717) is 17.7 Å². The fourth-order valence-corrected chi connectivity index (χ4v) is 3.00. The second-order valence-corrected chi connectivity index (χ2v) is 5.90. The highest BCUT2D eigenvalue weighted by Crippen LogP contribution is 2.32. The number of hydrogen-bond acceptors (Lipinski definition) is 4. The van der Waals surface area contributed by atoms with E-state index in [-0.39, 0.29) is 30.9 Å². The number of likely N-dealkylation sites (tertiary alicyclic amines) is 1. The minimum atomic E-state index is -0.634. The maximum atomic E-state index is 13.1. The number of β-amino-alcohol motifs (C(OH)–C–C–N with tert-alkyl or cyclic N) is 1. The zero-order valence-electron chi connectivity index (χ0n) is 13.4. The van der Waals surface area contributed by atoms with E-state index in [1.807, 2.05) is 6.07 Å². The third kappa shape index (κ3) is 3.78. The maximum Gasteiger partial charge on any atom is 0.261 e. The molecule has 1 aliphatic rings. The van der Waals surface area contributed by atoms with E-state index in [0.717, 1.165) is 5.56 Å². The average molecular weight is 340 g/mol.